The van der Waals surface area contributed by atoms with Crippen molar-refractivity contribution >= 4 is 42.2 Å². The molecule has 3 rings (SSSR count). The highest BCUT2D eigenvalue weighted by molar-refractivity contribution is 8.14. The monoisotopic (exact) mass is 312 g/mol. The molecule has 1 atom stereocenters. The second kappa shape index (κ2) is 4.49. The summed E-state index contributed by atoms with van der Waals surface area (Å²) in [5.41, 5.74) is 1.76. The molecule has 1 aliphatic rings. The molecule has 1 aromatic carbocycles. The summed E-state index contributed by atoms with van der Waals surface area (Å²) in [5.74, 6) is -0.213. The second-order valence-electron chi connectivity index (χ2n) is 4.98. The standard InChI is InChI=1S/C13H13ClN2O3S/c1-15-5-4-9-6-10(2-3-12(9)15)16-8-11(7-13(16)17)20(14,18)19/h2-6,11H,7-8H2,1H3. The molecule has 106 valence electrons. The van der Waals surface area contributed by atoms with E-state index >= 15 is 0 Å². The van der Waals surface area contributed by atoms with Crippen LogP contribution in [0.15, 0.2) is 30.5 Å². The highest BCUT2D eigenvalue weighted by Crippen LogP contribution is 2.29. The molecule has 0 spiro atoms. The Morgan fingerprint density at radius 3 is 2.70 bits per heavy atom. The summed E-state index contributed by atoms with van der Waals surface area (Å²) >= 11 is 0. The molecule has 0 aliphatic carbocycles. The highest BCUT2D eigenvalue weighted by atomic mass is 35.7. The van der Waals surface area contributed by atoms with Crippen LogP contribution < -0.4 is 4.90 Å². The lowest BCUT2D eigenvalue weighted by Gasteiger charge is -2.16. The molecular formula is C13H13ClN2O3S. The molecule has 5 nitrogen and oxygen atoms in total. The molecule has 0 radical (unpaired) electrons. The number of hydrogen-bond acceptors (Lipinski definition) is 3. The summed E-state index contributed by atoms with van der Waals surface area (Å²) in [6.45, 7) is 0.114. The molecular weight excluding hydrogens is 300 g/mol. The summed E-state index contributed by atoms with van der Waals surface area (Å²) in [7, 11) is 3.58. The van der Waals surface area contributed by atoms with Crippen LogP contribution in [0.5, 0.6) is 0 Å². The van der Waals surface area contributed by atoms with Crippen molar-refractivity contribution in [3.8, 4) is 0 Å². The summed E-state index contributed by atoms with van der Waals surface area (Å²) in [6, 6.07) is 7.58. The largest absolute Gasteiger partial charge is 0.351 e. The van der Waals surface area contributed by atoms with Gasteiger partial charge in [0, 0.05) is 53.5 Å². The Balaban J connectivity index is 1.97. The molecule has 1 fully saturated rings. The van der Waals surface area contributed by atoms with Crippen LogP contribution in [0.2, 0.25) is 0 Å². The van der Waals surface area contributed by atoms with E-state index in [-0.39, 0.29) is 18.9 Å². The predicted octanol–water partition coefficient (Wildman–Crippen LogP) is 1.85. The Labute approximate surface area is 121 Å². The molecule has 20 heavy (non-hydrogen) atoms. The zero-order valence-electron chi connectivity index (χ0n) is 10.8. The van der Waals surface area contributed by atoms with Crippen LogP contribution in [0.1, 0.15) is 6.42 Å². The molecule has 0 N–H and O–H groups in total. The lowest BCUT2D eigenvalue weighted by molar-refractivity contribution is -0.117. The quantitative estimate of drug-likeness (QED) is 0.795. The van der Waals surface area contributed by atoms with Crippen molar-refractivity contribution in [2.24, 2.45) is 7.05 Å². The molecule has 7 heteroatoms. The van der Waals surface area contributed by atoms with Gasteiger partial charge in [0.1, 0.15) is 5.25 Å². The maximum atomic E-state index is 12.0. The fourth-order valence-electron chi connectivity index (χ4n) is 2.55. The molecule has 1 unspecified atom stereocenters. The lowest BCUT2D eigenvalue weighted by atomic mass is 10.2. The second-order valence-corrected chi connectivity index (χ2v) is 7.88. The third kappa shape index (κ3) is 2.19. The number of anilines is 1. The van der Waals surface area contributed by atoms with Crippen LogP contribution in [-0.4, -0.2) is 30.7 Å². The highest BCUT2D eigenvalue weighted by Gasteiger charge is 2.37. The number of carbonyl (C=O) groups is 1. The molecule has 1 aromatic heterocycles. The Bertz CT molecular complexity index is 797. The third-order valence-corrected chi connectivity index (χ3v) is 5.54. The van der Waals surface area contributed by atoms with Crippen LogP contribution in [-0.2, 0) is 20.9 Å². The first-order chi connectivity index (χ1) is 9.36. The van der Waals surface area contributed by atoms with Gasteiger partial charge in [-0.15, -0.1) is 0 Å². The van der Waals surface area contributed by atoms with E-state index in [4.69, 9.17) is 10.7 Å². The van der Waals surface area contributed by atoms with Crippen LogP contribution in [0.25, 0.3) is 10.9 Å². The minimum absolute atomic E-state index is 0.0569. The number of nitrogens with zero attached hydrogens (tertiary/aromatic N) is 2. The SMILES string of the molecule is Cn1ccc2cc(N3CC(S(=O)(=O)Cl)CC3=O)ccc21. The molecule has 1 amide bonds. The lowest BCUT2D eigenvalue weighted by Crippen LogP contribution is -2.26. The van der Waals surface area contributed by atoms with Crippen LogP contribution in [0.4, 0.5) is 5.69 Å². The average molecular weight is 313 g/mol. The van der Waals surface area contributed by atoms with Gasteiger partial charge in [-0.25, -0.2) is 8.42 Å². The van der Waals surface area contributed by atoms with E-state index in [0.29, 0.717) is 5.69 Å². The third-order valence-electron chi connectivity index (χ3n) is 3.67. The molecule has 1 aliphatic heterocycles. The fourth-order valence-corrected chi connectivity index (χ4v) is 3.58. The van der Waals surface area contributed by atoms with E-state index in [1.807, 2.05) is 42.1 Å². The first-order valence-electron chi connectivity index (χ1n) is 6.15. The molecule has 1 saturated heterocycles. The number of carbonyl (C=O) groups excluding carboxylic acids is 1. The summed E-state index contributed by atoms with van der Waals surface area (Å²) in [5, 5.41) is 0.179. The minimum Gasteiger partial charge on any atom is -0.351 e. The van der Waals surface area contributed by atoms with Gasteiger partial charge in [-0.3, -0.25) is 4.79 Å². The van der Waals surface area contributed by atoms with Crippen molar-refractivity contribution in [3.05, 3.63) is 30.5 Å². The molecule has 0 bridgehead atoms. The predicted molar refractivity (Wildman–Crippen MR) is 78.4 cm³/mol. The smallest absolute Gasteiger partial charge is 0.237 e. The number of aromatic nitrogens is 1. The van der Waals surface area contributed by atoms with Crippen molar-refractivity contribution < 1.29 is 13.2 Å². The first-order valence-corrected chi connectivity index (χ1v) is 8.52. The minimum atomic E-state index is -3.71. The number of aryl methyl sites for hydroxylation is 1. The molecule has 0 saturated carbocycles. The van der Waals surface area contributed by atoms with E-state index in [2.05, 4.69) is 0 Å². The van der Waals surface area contributed by atoms with Crippen molar-refractivity contribution in [2.75, 3.05) is 11.4 Å². The van der Waals surface area contributed by atoms with Gasteiger partial charge >= 0.3 is 0 Å². The Kier molecular flexibility index (Phi) is 3.02. The number of halogens is 1. The van der Waals surface area contributed by atoms with Gasteiger partial charge in [-0.05, 0) is 24.3 Å². The van der Waals surface area contributed by atoms with E-state index in [1.165, 1.54) is 4.90 Å². The Hall–Kier alpha value is -1.53. The molecule has 2 heterocycles. The topological polar surface area (TPSA) is 59.4 Å². The normalized spacial score (nSPS) is 20.0. The van der Waals surface area contributed by atoms with Gasteiger partial charge in [-0.2, -0.15) is 0 Å². The van der Waals surface area contributed by atoms with Crippen LogP contribution >= 0.6 is 10.7 Å². The number of benzene rings is 1. The summed E-state index contributed by atoms with van der Waals surface area (Å²) < 4.78 is 24.7. The zero-order chi connectivity index (χ0) is 14.5. The van der Waals surface area contributed by atoms with Crippen molar-refractivity contribution in [1.29, 1.82) is 0 Å². The van der Waals surface area contributed by atoms with Crippen molar-refractivity contribution in [2.45, 2.75) is 11.7 Å². The maximum absolute atomic E-state index is 12.0. The van der Waals surface area contributed by atoms with Crippen LogP contribution in [0.3, 0.4) is 0 Å². The van der Waals surface area contributed by atoms with Crippen molar-refractivity contribution in [3.63, 3.8) is 0 Å². The Morgan fingerprint density at radius 1 is 1.30 bits per heavy atom. The molecule has 2 aromatic rings. The van der Waals surface area contributed by atoms with Gasteiger partial charge in [0.05, 0.1) is 0 Å². The Morgan fingerprint density at radius 2 is 2.05 bits per heavy atom. The van der Waals surface area contributed by atoms with E-state index in [1.54, 1.807) is 0 Å². The van der Waals surface area contributed by atoms with E-state index in [0.717, 1.165) is 10.9 Å². The summed E-state index contributed by atoms with van der Waals surface area (Å²) in [6.07, 6.45) is 1.88. The average Bonchev–Trinajstić information content (AvgIpc) is 2.93. The van der Waals surface area contributed by atoms with Gasteiger partial charge in [0.2, 0.25) is 15.0 Å². The summed E-state index contributed by atoms with van der Waals surface area (Å²) in [4.78, 5) is 13.5. The van der Waals surface area contributed by atoms with Gasteiger partial charge in [0.25, 0.3) is 0 Å². The van der Waals surface area contributed by atoms with Crippen molar-refractivity contribution in [1.82, 2.24) is 4.57 Å². The maximum Gasteiger partial charge on any atom is 0.237 e. The van der Waals surface area contributed by atoms with Gasteiger partial charge < -0.3 is 9.47 Å². The van der Waals surface area contributed by atoms with Crippen LogP contribution in [0, 0.1) is 0 Å². The fraction of sp³-hybridized carbons (Fsp3) is 0.308. The number of rotatable bonds is 2. The van der Waals surface area contributed by atoms with Gasteiger partial charge in [0.15, 0.2) is 0 Å². The number of hydrogen-bond donors (Lipinski definition) is 0. The zero-order valence-corrected chi connectivity index (χ0v) is 12.4. The number of fused-ring (bicyclic) bond motifs is 1. The van der Waals surface area contributed by atoms with E-state index < -0.39 is 14.3 Å². The number of amides is 1. The van der Waals surface area contributed by atoms with Gasteiger partial charge in [-0.1, -0.05) is 0 Å². The first kappa shape index (κ1) is 13.5. The van der Waals surface area contributed by atoms with E-state index in [9.17, 15) is 13.2 Å².